The topological polar surface area (TPSA) is 47.3 Å². The number of imidazole rings is 1. The molecule has 2 atom stereocenters. The number of rotatable bonds is 6. The maximum atomic E-state index is 10.0. The van der Waals surface area contributed by atoms with Gasteiger partial charge in [-0.3, -0.25) is 0 Å². The van der Waals surface area contributed by atoms with Crippen LogP contribution in [0.1, 0.15) is 25.1 Å². The molecule has 16 heavy (non-hydrogen) atoms. The number of aliphatic hydroxyl groups is 1. The molecule has 0 radical (unpaired) electrons. The van der Waals surface area contributed by atoms with Crippen LogP contribution in [0.4, 0.5) is 0 Å². The van der Waals surface area contributed by atoms with E-state index in [1.165, 1.54) is 12.8 Å². The van der Waals surface area contributed by atoms with Gasteiger partial charge in [-0.05, 0) is 25.2 Å². The number of methoxy groups -OCH3 is 1. The van der Waals surface area contributed by atoms with Gasteiger partial charge in [0.25, 0.3) is 0 Å². The lowest BCUT2D eigenvalue weighted by Gasteiger charge is -2.21. The molecule has 0 saturated heterocycles. The highest BCUT2D eigenvalue weighted by atomic mass is 16.5. The largest absolute Gasteiger partial charge is 0.390 e. The van der Waals surface area contributed by atoms with Crippen molar-refractivity contribution in [2.45, 2.75) is 37.9 Å². The summed E-state index contributed by atoms with van der Waals surface area (Å²) in [7, 11) is 3.66. The first-order valence-electron chi connectivity index (χ1n) is 5.89. The van der Waals surface area contributed by atoms with Gasteiger partial charge in [-0.1, -0.05) is 0 Å². The van der Waals surface area contributed by atoms with E-state index < -0.39 is 0 Å². The summed E-state index contributed by atoms with van der Waals surface area (Å²) >= 11 is 0. The van der Waals surface area contributed by atoms with Crippen molar-refractivity contribution in [1.82, 2.24) is 9.55 Å². The molecular weight excluding hydrogens is 204 g/mol. The van der Waals surface area contributed by atoms with Crippen LogP contribution in [-0.4, -0.2) is 34.0 Å². The van der Waals surface area contributed by atoms with Gasteiger partial charge in [0.2, 0.25) is 0 Å². The average molecular weight is 224 g/mol. The zero-order valence-corrected chi connectivity index (χ0v) is 9.97. The van der Waals surface area contributed by atoms with E-state index in [0.29, 0.717) is 5.92 Å². The van der Waals surface area contributed by atoms with Crippen LogP contribution < -0.4 is 0 Å². The van der Waals surface area contributed by atoms with Crippen LogP contribution in [0.5, 0.6) is 0 Å². The average Bonchev–Trinajstić information content (AvgIpc) is 3.01. The van der Waals surface area contributed by atoms with E-state index in [4.69, 9.17) is 4.74 Å². The molecule has 2 unspecified atom stereocenters. The molecule has 1 aliphatic rings. The summed E-state index contributed by atoms with van der Waals surface area (Å²) in [5.41, 5.74) is 0. The van der Waals surface area contributed by atoms with Gasteiger partial charge < -0.3 is 14.4 Å². The summed E-state index contributed by atoms with van der Waals surface area (Å²) < 4.78 is 7.35. The first-order chi connectivity index (χ1) is 7.72. The Labute approximate surface area is 96.3 Å². The van der Waals surface area contributed by atoms with Crippen molar-refractivity contribution < 1.29 is 9.84 Å². The van der Waals surface area contributed by atoms with Crippen molar-refractivity contribution in [2.24, 2.45) is 13.0 Å². The Kier molecular flexibility index (Phi) is 3.61. The molecule has 1 aromatic rings. The Morgan fingerprint density at radius 3 is 2.88 bits per heavy atom. The van der Waals surface area contributed by atoms with E-state index in [1.54, 1.807) is 13.3 Å². The van der Waals surface area contributed by atoms with Crippen LogP contribution in [0.3, 0.4) is 0 Å². The molecule has 1 aliphatic carbocycles. The molecule has 0 aliphatic heterocycles. The standard InChI is InChI=1S/C12H20N2O2/c1-14-8-7-13-11(14)6-5-10(15)12(16-2)9-3-4-9/h7-10,12,15H,3-6H2,1-2H3. The Morgan fingerprint density at radius 2 is 2.38 bits per heavy atom. The minimum absolute atomic E-state index is 0.0141. The van der Waals surface area contributed by atoms with Crippen LogP contribution in [0.15, 0.2) is 12.4 Å². The molecule has 1 saturated carbocycles. The third kappa shape index (κ3) is 2.62. The Bertz CT molecular complexity index is 334. The third-order valence-electron chi connectivity index (χ3n) is 3.32. The van der Waals surface area contributed by atoms with E-state index in [9.17, 15) is 5.11 Å². The SMILES string of the molecule is COC(C(O)CCc1nccn1C)C1CC1. The van der Waals surface area contributed by atoms with E-state index in [0.717, 1.165) is 18.7 Å². The summed E-state index contributed by atoms with van der Waals surface area (Å²) in [4.78, 5) is 4.24. The molecule has 0 spiro atoms. The molecule has 0 aromatic carbocycles. The number of nitrogens with zero attached hydrogens (tertiary/aromatic N) is 2. The highest BCUT2D eigenvalue weighted by Gasteiger charge is 2.35. The predicted octanol–water partition coefficient (Wildman–Crippen LogP) is 1.14. The summed E-state index contributed by atoms with van der Waals surface area (Å²) in [5, 5.41) is 10.0. The fraction of sp³-hybridized carbons (Fsp3) is 0.750. The fourth-order valence-electron chi connectivity index (χ4n) is 2.17. The van der Waals surface area contributed by atoms with Crippen LogP contribution in [-0.2, 0) is 18.2 Å². The van der Waals surface area contributed by atoms with Crippen LogP contribution >= 0.6 is 0 Å². The summed E-state index contributed by atoms with van der Waals surface area (Å²) in [6.07, 6.45) is 7.27. The number of hydrogen-bond donors (Lipinski definition) is 1. The molecule has 1 heterocycles. The fourth-order valence-corrected chi connectivity index (χ4v) is 2.17. The van der Waals surface area contributed by atoms with Crippen molar-refractivity contribution in [3.8, 4) is 0 Å². The zero-order chi connectivity index (χ0) is 11.5. The van der Waals surface area contributed by atoms with Gasteiger partial charge in [-0.15, -0.1) is 0 Å². The number of ether oxygens (including phenoxy) is 1. The third-order valence-corrected chi connectivity index (χ3v) is 3.32. The molecule has 0 bridgehead atoms. The molecule has 90 valence electrons. The second-order valence-corrected chi connectivity index (χ2v) is 4.60. The van der Waals surface area contributed by atoms with Crippen molar-refractivity contribution in [2.75, 3.05) is 7.11 Å². The number of aromatic nitrogens is 2. The van der Waals surface area contributed by atoms with Gasteiger partial charge in [-0.25, -0.2) is 4.98 Å². The van der Waals surface area contributed by atoms with E-state index in [-0.39, 0.29) is 12.2 Å². The second kappa shape index (κ2) is 4.97. The summed E-state index contributed by atoms with van der Waals surface area (Å²) in [6, 6.07) is 0. The zero-order valence-electron chi connectivity index (χ0n) is 9.97. The maximum Gasteiger partial charge on any atom is 0.108 e. The highest BCUT2D eigenvalue weighted by molar-refractivity contribution is 4.93. The van der Waals surface area contributed by atoms with Gasteiger partial charge in [0.1, 0.15) is 5.82 Å². The molecule has 1 N–H and O–H groups in total. The van der Waals surface area contributed by atoms with Gasteiger partial charge in [0, 0.05) is 33.0 Å². The summed E-state index contributed by atoms with van der Waals surface area (Å²) in [5.74, 6) is 1.59. The molecule has 0 amide bonds. The first kappa shape index (κ1) is 11.6. The van der Waals surface area contributed by atoms with Gasteiger partial charge in [-0.2, -0.15) is 0 Å². The molecule has 1 fully saturated rings. The lowest BCUT2D eigenvalue weighted by atomic mass is 10.0. The quantitative estimate of drug-likeness (QED) is 0.788. The van der Waals surface area contributed by atoms with Gasteiger partial charge in [0.05, 0.1) is 12.2 Å². The normalized spacial score (nSPS) is 19.7. The highest BCUT2D eigenvalue weighted by Crippen LogP contribution is 2.36. The Hall–Kier alpha value is -0.870. The van der Waals surface area contributed by atoms with Crippen LogP contribution in [0, 0.1) is 5.92 Å². The van der Waals surface area contributed by atoms with Crippen LogP contribution in [0.2, 0.25) is 0 Å². The van der Waals surface area contributed by atoms with E-state index >= 15 is 0 Å². The molecule has 4 heteroatoms. The number of hydrogen-bond acceptors (Lipinski definition) is 3. The van der Waals surface area contributed by atoms with Crippen molar-refractivity contribution in [1.29, 1.82) is 0 Å². The predicted molar refractivity (Wildman–Crippen MR) is 61.1 cm³/mol. The smallest absolute Gasteiger partial charge is 0.108 e. The van der Waals surface area contributed by atoms with Crippen LogP contribution in [0.25, 0.3) is 0 Å². The lowest BCUT2D eigenvalue weighted by Crippen LogP contribution is -2.30. The number of aryl methyl sites for hydroxylation is 2. The monoisotopic (exact) mass is 224 g/mol. The summed E-state index contributed by atoms with van der Waals surface area (Å²) in [6.45, 7) is 0. The van der Waals surface area contributed by atoms with Gasteiger partial charge in [0.15, 0.2) is 0 Å². The maximum absolute atomic E-state index is 10.0. The number of aliphatic hydroxyl groups excluding tert-OH is 1. The first-order valence-corrected chi connectivity index (χ1v) is 5.89. The second-order valence-electron chi connectivity index (χ2n) is 4.60. The Balaban J connectivity index is 1.82. The molecule has 4 nitrogen and oxygen atoms in total. The molecular formula is C12H20N2O2. The minimum Gasteiger partial charge on any atom is -0.390 e. The molecule has 1 aromatic heterocycles. The minimum atomic E-state index is -0.366. The van der Waals surface area contributed by atoms with E-state index in [2.05, 4.69) is 4.98 Å². The van der Waals surface area contributed by atoms with Crippen molar-refractivity contribution in [3.63, 3.8) is 0 Å². The van der Waals surface area contributed by atoms with Gasteiger partial charge >= 0.3 is 0 Å². The lowest BCUT2D eigenvalue weighted by molar-refractivity contribution is -0.0279. The van der Waals surface area contributed by atoms with Crippen molar-refractivity contribution in [3.05, 3.63) is 18.2 Å². The molecule has 2 rings (SSSR count). The van der Waals surface area contributed by atoms with E-state index in [1.807, 2.05) is 17.8 Å². The Morgan fingerprint density at radius 1 is 1.62 bits per heavy atom. The van der Waals surface area contributed by atoms with Crippen molar-refractivity contribution >= 4 is 0 Å².